The third-order valence-corrected chi connectivity index (χ3v) is 4.30. The Morgan fingerprint density at radius 3 is 2.58 bits per heavy atom. The second kappa shape index (κ2) is 6.71. The van der Waals surface area contributed by atoms with Gasteiger partial charge in [-0.25, -0.2) is 13.2 Å². The molecule has 0 spiro atoms. The molecule has 1 fully saturated rings. The maximum atomic E-state index is 14.2. The van der Waals surface area contributed by atoms with Crippen molar-refractivity contribution in [2.75, 3.05) is 0 Å². The number of nitriles is 1. The molecule has 7 heteroatoms. The van der Waals surface area contributed by atoms with Crippen molar-refractivity contribution < 1.29 is 18.0 Å². The van der Waals surface area contributed by atoms with Crippen LogP contribution < -0.4 is 5.32 Å². The fraction of sp³-hybridized carbons (Fsp3) is 0.263. The highest BCUT2D eigenvalue weighted by molar-refractivity contribution is 6.02. The molecule has 0 bridgehead atoms. The number of nitrogens with one attached hydrogen (secondary N) is 1. The van der Waals surface area contributed by atoms with E-state index in [2.05, 4.69) is 5.32 Å². The second-order valence-corrected chi connectivity index (χ2v) is 6.27. The Bertz CT molecular complexity index is 965. The number of hydrogen-bond acceptors (Lipinski definition) is 2. The van der Waals surface area contributed by atoms with Crippen molar-refractivity contribution in [3.05, 3.63) is 58.2 Å². The number of halogens is 3. The van der Waals surface area contributed by atoms with E-state index >= 15 is 0 Å². The first kappa shape index (κ1) is 17.8. The molecule has 1 amide bonds. The lowest BCUT2D eigenvalue weighted by molar-refractivity contribution is -0.117. The van der Waals surface area contributed by atoms with Gasteiger partial charge in [-0.2, -0.15) is 5.26 Å². The molecule has 1 aromatic heterocycles. The molecule has 0 unspecified atom stereocenters. The van der Waals surface area contributed by atoms with Gasteiger partial charge in [-0.3, -0.25) is 4.79 Å². The summed E-state index contributed by atoms with van der Waals surface area (Å²) in [5, 5.41) is 12.0. The lowest BCUT2D eigenvalue weighted by atomic mass is 10.1. The van der Waals surface area contributed by atoms with Gasteiger partial charge in [-0.15, -0.1) is 0 Å². The summed E-state index contributed by atoms with van der Waals surface area (Å²) in [4.78, 5) is 12.1. The van der Waals surface area contributed by atoms with Crippen molar-refractivity contribution >= 4 is 12.0 Å². The number of benzene rings is 1. The fourth-order valence-corrected chi connectivity index (χ4v) is 2.79. The minimum Gasteiger partial charge on any atom is -0.349 e. The molecule has 1 aliphatic rings. The normalized spacial score (nSPS) is 14.2. The average molecular weight is 359 g/mol. The molecule has 1 aliphatic carbocycles. The van der Waals surface area contributed by atoms with Crippen molar-refractivity contribution in [1.29, 1.82) is 5.26 Å². The zero-order valence-corrected chi connectivity index (χ0v) is 14.2. The molecule has 1 heterocycles. The van der Waals surface area contributed by atoms with Crippen LogP contribution in [0, 0.1) is 42.6 Å². The standard InChI is InChI=1S/C19H16F3N3O/c1-10-7-12(8-13(9-23)19(26)24-14-3-4-14)11(2)25(10)16-6-5-15(20)17(21)18(16)22/h5-8,14H,3-4H2,1-2H3,(H,24,26). The number of nitrogens with zero attached hydrogens (tertiary/aromatic N) is 2. The van der Waals surface area contributed by atoms with Crippen LogP contribution >= 0.6 is 0 Å². The summed E-state index contributed by atoms with van der Waals surface area (Å²) in [6.45, 7) is 3.31. The lowest BCUT2D eigenvalue weighted by Gasteiger charge is -2.11. The minimum atomic E-state index is -1.55. The molecule has 134 valence electrons. The molecular weight excluding hydrogens is 343 g/mol. The van der Waals surface area contributed by atoms with E-state index in [1.165, 1.54) is 10.6 Å². The minimum absolute atomic E-state index is 0.0668. The quantitative estimate of drug-likeness (QED) is 0.514. The van der Waals surface area contributed by atoms with E-state index in [1.54, 1.807) is 19.9 Å². The highest BCUT2D eigenvalue weighted by atomic mass is 19.2. The number of aromatic nitrogens is 1. The third kappa shape index (κ3) is 3.23. The van der Waals surface area contributed by atoms with E-state index in [0.717, 1.165) is 25.0 Å². The van der Waals surface area contributed by atoms with Gasteiger partial charge < -0.3 is 9.88 Å². The van der Waals surface area contributed by atoms with Crippen molar-refractivity contribution in [3.8, 4) is 11.8 Å². The predicted molar refractivity (Wildman–Crippen MR) is 89.9 cm³/mol. The van der Waals surface area contributed by atoms with Crippen molar-refractivity contribution in [2.45, 2.75) is 32.7 Å². The zero-order chi connectivity index (χ0) is 19.0. The van der Waals surface area contributed by atoms with Crippen LogP contribution in [0.5, 0.6) is 0 Å². The summed E-state index contributed by atoms with van der Waals surface area (Å²) in [7, 11) is 0. The van der Waals surface area contributed by atoms with Crippen LogP contribution in [0.25, 0.3) is 11.8 Å². The molecule has 4 nitrogen and oxygen atoms in total. The first-order chi connectivity index (χ1) is 12.3. The smallest absolute Gasteiger partial charge is 0.262 e. The number of carbonyl (C=O) groups excluding carboxylic acids is 1. The van der Waals surface area contributed by atoms with Gasteiger partial charge in [0, 0.05) is 17.4 Å². The van der Waals surface area contributed by atoms with Gasteiger partial charge in [0.25, 0.3) is 5.91 Å². The number of carbonyl (C=O) groups is 1. The van der Waals surface area contributed by atoms with Gasteiger partial charge in [0.1, 0.15) is 11.6 Å². The van der Waals surface area contributed by atoms with Crippen LogP contribution in [0.4, 0.5) is 13.2 Å². The number of aryl methyl sites for hydroxylation is 1. The summed E-state index contributed by atoms with van der Waals surface area (Å²) in [5.41, 5.74) is 1.37. The molecule has 0 radical (unpaired) electrons. The Balaban J connectivity index is 2.03. The SMILES string of the molecule is Cc1cc(C=C(C#N)C(=O)NC2CC2)c(C)n1-c1ccc(F)c(F)c1F. The van der Waals surface area contributed by atoms with Gasteiger partial charge >= 0.3 is 0 Å². The summed E-state index contributed by atoms with van der Waals surface area (Å²) in [6.07, 6.45) is 3.21. The molecule has 1 aromatic carbocycles. The summed E-state index contributed by atoms with van der Waals surface area (Å²) in [5.74, 6) is -4.57. The maximum absolute atomic E-state index is 14.2. The van der Waals surface area contributed by atoms with Crippen molar-refractivity contribution in [3.63, 3.8) is 0 Å². The van der Waals surface area contributed by atoms with Gasteiger partial charge in [0.2, 0.25) is 0 Å². The molecular formula is C19H16F3N3O. The average Bonchev–Trinajstić information content (AvgIpc) is 3.37. The Kier molecular flexibility index (Phi) is 4.60. The Morgan fingerprint density at radius 1 is 1.27 bits per heavy atom. The van der Waals surface area contributed by atoms with Crippen LogP contribution in [0.1, 0.15) is 29.8 Å². The van der Waals surface area contributed by atoms with Gasteiger partial charge in [0.05, 0.1) is 5.69 Å². The molecule has 2 aromatic rings. The van der Waals surface area contributed by atoms with Crippen LogP contribution in [0.15, 0.2) is 23.8 Å². The van der Waals surface area contributed by atoms with Crippen LogP contribution in [0.2, 0.25) is 0 Å². The molecule has 1 N–H and O–H groups in total. The maximum Gasteiger partial charge on any atom is 0.262 e. The summed E-state index contributed by atoms with van der Waals surface area (Å²) >= 11 is 0. The van der Waals surface area contributed by atoms with Crippen LogP contribution in [0.3, 0.4) is 0 Å². The number of hydrogen-bond donors (Lipinski definition) is 1. The van der Waals surface area contributed by atoms with E-state index in [0.29, 0.717) is 17.0 Å². The topological polar surface area (TPSA) is 57.8 Å². The predicted octanol–water partition coefficient (Wildman–Crippen LogP) is 3.70. The van der Waals surface area contributed by atoms with Crippen molar-refractivity contribution in [1.82, 2.24) is 9.88 Å². The number of rotatable bonds is 4. The molecule has 26 heavy (non-hydrogen) atoms. The second-order valence-electron chi connectivity index (χ2n) is 6.27. The van der Waals surface area contributed by atoms with E-state index in [1.807, 2.05) is 6.07 Å². The molecule has 3 rings (SSSR count). The Morgan fingerprint density at radius 2 is 1.96 bits per heavy atom. The largest absolute Gasteiger partial charge is 0.349 e. The monoisotopic (exact) mass is 359 g/mol. The first-order valence-electron chi connectivity index (χ1n) is 8.09. The first-order valence-corrected chi connectivity index (χ1v) is 8.09. The van der Waals surface area contributed by atoms with E-state index < -0.39 is 23.4 Å². The zero-order valence-electron chi connectivity index (χ0n) is 14.2. The highest BCUT2D eigenvalue weighted by Crippen LogP contribution is 2.27. The molecule has 0 atom stereocenters. The lowest BCUT2D eigenvalue weighted by Crippen LogP contribution is -2.26. The molecule has 0 aliphatic heterocycles. The summed E-state index contributed by atoms with van der Waals surface area (Å²) in [6, 6.07) is 5.63. The van der Waals surface area contributed by atoms with E-state index in [4.69, 9.17) is 0 Å². The van der Waals surface area contributed by atoms with Gasteiger partial charge in [0.15, 0.2) is 17.5 Å². The van der Waals surface area contributed by atoms with Crippen molar-refractivity contribution in [2.24, 2.45) is 0 Å². The van der Waals surface area contributed by atoms with Gasteiger partial charge in [-0.1, -0.05) is 0 Å². The Hall–Kier alpha value is -3.01. The van der Waals surface area contributed by atoms with E-state index in [-0.39, 0.29) is 17.3 Å². The number of amides is 1. The molecule has 1 saturated carbocycles. The molecule has 0 saturated heterocycles. The highest BCUT2D eigenvalue weighted by Gasteiger charge is 2.25. The van der Waals surface area contributed by atoms with Gasteiger partial charge in [-0.05, 0) is 56.5 Å². The van der Waals surface area contributed by atoms with E-state index in [9.17, 15) is 23.2 Å². The van der Waals surface area contributed by atoms with Crippen LogP contribution in [-0.4, -0.2) is 16.5 Å². The van der Waals surface area contributed by atoms with Crippen LogP contribution in [-0.2, 0) is 4.79 Å². The Labute approximate surface area is 148 Å². The third-order valence-electron chi connectivity index (χ3n) is 4.30. The summed E-state index contributed by atoms with van der Waals surface area (Å²) < 4.78 is 42.3. The fourth-order valence-electron chi connectivity index (χ4n) is 2.79.